The fraction of sp³-hybridized carbons (Fsp3) is 0.304. The molecule has 0 radical (unpaired) electrons. The van der Waals surface area contributed by atoms with Crippen LogP contribution in [0.3, 0.4) is 0 Å². The number of H-pyrrole nitrogens is 1. The number of benzene rings is 1. The van der Waals surface area contributed by atoms with Crippen molar-refractivity contribution in [2.45, 2.75) is 18.9 Å². The Balaban J connectivity index is 1.59. The van der Waals surface area contributed by atoms with E-state index in [1.807, 2.05) is 35.4 Å². The molecule has 1 unspecified atom stereocenters. The maximum atomic E-state index is 12.8. The Morgan fingerprint density at radius 1 is 1.23 bits per heavy atom. The molecule has 4 aromatic rings. The zero-order valence-electron chi connectivity index (χ0n) is 17.3. The Bertz CT molecular complexity index is 1260. The monoisotopic (exact) mass is 404 g/mol. The first-order chi connectivity index (χ1) is 14.5. The van der Waals surface area contributed by atoms with Crippen LogP contribution in [-0.2, 0) is 11.8 Å². The van der Waals surface area contributed by atoms with Crippen LogP contribution in [0.2, 0.25) is 0 Å². The molecule has 0 spiro atoms. The predicted octanol–water partition coefficient (Wildman–Crippen LogP) is 3.46. The average molecular weight is 404 g/mol. The molecule has 3 aromatic heterocycles. The van der Waals surface area contributed by atoms with Crippen LogP contribution in [0, 0.1) is 0 Å². The molecule has 0 saturated carbocycles. The van der Waals surface area contributed by atoms with E-state index in [1.165, 1.54) is 0 Å². The summed E-state index contributed by atoms with van der Waals surface area (Å²) in [5.41, 5.74) is 4.69. The molecule has 1 atom stereocenters. The summed E-state index contributed by atoms with van der Waals surface area (Å²) in [6, 6.07) is 10.4. The number of aromatic nitrogens is 4. The normalized spacial score (nSPS) is 15.3. The topological polar surface area (TPSA) is 74.1 Å². The number of aromatic amines is 1. The highest BCUT2D eigenvalue weighted by Gasteiger charge is 2.22. The van der Waals surface area contributed by atoms with Gasteiger partial charge in [-0.15, -0.1) is 0 Å². The second-order valence-corrected chi connectivity index (χ2v) is 7.87. The lowest BCUT2D eigenvalue weighted by molar-refractivity contribution is -0.0286. The Morgan fingerprint density at radius 3 is 2.67 bits per heavy atom. The van der Waals surface area contributed by atoms with Crippen LogP contribution in [-0.4, -0.2) is 39.7 Å². The number of methoxy groups -OCH3 is 1. The summed E-state index contributed by atoms with van der Waals surface area (Å²) in [5.74, 6) is 0.943. The van der Waals surface area contributed by atoms with Crippen LogP contribution in [0.1, 0.15) is 30.0 Å². The minimum Gasteiger partial charge on any atom is -0.497 e. The summed E-state index contributed by atoms with van der Waals surface area (Å²) in [4.78, 5) is 16.2. The summed E-state index contributed by atoms with van der Waals surface area (Å²) < 4.78 is 14.1. The van der Waals surface area contributed by atoms with Crippen molar-refractivity contribution in [3.05, 3.63) is 70.4 Å². The van der Waals surface area contributed by atoms with Crippen LogP contribution in [0.25, 0.3) is 22.2 Å². The van der Waals surface area contributed by atoms with Gasteiger partial charge < -0.3 is 19.0 Å². The van der Waals surface area contributed by atoms with Gasteiger partial charge in [0.1, 0.15) is 11.3 Å². The lowest BCUT2D eigenvalue weighted by Crippen LogP contribution is -2.30. The third kappa shape index (κ3) is 3.02. The third-order valence-corrected chi connectivity index (χ3v) is 5.99. The van der Waals surface area contributed by atoms with Crippen molar-refractivity contribution in [3.63, 3.8) is 0 Å². The molecular weight excluding hydrogens is 380 g/mol. The summed E-state index contributed by atoms with van der Waals surface area (Å²) >= 11 is 0. The van der Waals surface area contributed by atoms with E-state index in [1.54, 1.807) is 18.7 Å². The number of hydrogen-bond donors (Lipinski definition) is 1. The summed E-state index contributed by atoms with van der Waals surface area (Å²) in [6.45, 7) is 3.54. The van der Waals surface area contributed by atoms with Crippen molar-refractivity contribution < 1.29 is 9.47 Å². The summed E-state index contributed by atoms with van der Waals surface area (Å²) in [7, 11) is 3.46. The lowest BCUT2D eigenvalue weighted by atomic mass is 9.92. The zero-order valence-corrected chi connectivity index (χ0v) is 17.3. The Morgan fingerprint density at radius 2 is 2.00 bits per heavy atom. The molecule has 4 heterocycles. The molecule has 0 bridgehead atoms. The Hall–Kier alpha value is -3.32. The van der Waals surface area contributed by atoms with Crippen molar-refractivity contribution in [2.75, 3.05) is 20.3 Å². The SMILES string of the molecule is COc1ccc(C(C)c2cn(C)c(=O)c3[nH]c(-c4cnn(C5COC5)c4)cc23)cc1. The van der Waals surface area contributed by atoms with Gasteiger partial charge in [0, 0.05) is 42.0 Å². The molecule has 1 N–H and O–H groups in total. The number of nitrogens with zero attached hydrogens (tertiary/aromatic N) is 3. The third-order valence-electron chi connectivity index (χ3n) is 5.99. The van der Waals surface area contributed by atoms with Gasteiger partial charge in [-0.25, -0.2) is 0 Å². The van der Waals surface area contributed by atoms with Gasteiger partial charge in [0.05, 0.1) is 32.6 Å². The van der Waals surface area contributed by atoms with Crippen molar-refractivity contribution in [3.8, 4) is 17.0 Å². The molecule has 5 rings (SSSR count). The Kier molecular flexibility index (Phi) is 4.47. The largest absolute Gasteiger partial charge is 0.497 e. The number of hydrogen-bond acceptors (Lipinski definition) is 4. The highest BCUT2D eigenvalue weighted by atomic mass is 16.5. The molecule has 1 saturated heterocycles. The molecule has 0 aliphatic carbocycles. The van der Waals surface area contributed by atoms with Crippen LogP contribution in [0.4, 0.5) is 0 Å². The fourth-order valence-corrected chi connectivity index (χ4v) is 3.99. The first-order valence-electron chi connectivity index (χ1n) is 10.0. The summed E-state index contributed by atoms with van der Waals surface area (Å²) in [5, 5.41) is 5.41. The second-order valence-electron chi connectivity index (χ2n) is 7.87. The molecule has 1 aliphatic rings. The van der Waals surface area contributed by atoms with Crippen molar-refractivity contribution in [1.29, 1.82) is 0 Å². The van der Waals surface area contributed by atoms with Crippen LogP contribution >= 0.6 is 0 Å². The number of ether oxygens (including phenoxy) is 2. The van der Waals surface area contributed by atoms with Gasteiger partial charge in [-0.3, -0.25) is 9.48 Å². The van der Waals surface area contributed by atoms with Crippen molar-refractivity contribution >= 4 is 10.9 Å². The van der Waals surface area contributed by atoms with E-state index in [-0.39, 0.29) is 11.5 Å². The van der Waals surface area contributed by atoms with Crippen molar-refractivity contribution in [1.82, 2.24) is 19.3 Å². The second kappa shape index (κ2) is 7.18. The van der Waals surface area contributed by atoms with E-state index in [0.29, 0.717) is 24.8 Å². The maximum absolute atomic E-state index is 12.8. The average Bonchev–Trinajstić information content (AvgIpc) is 3.37. The molecule has 1 aliphatic heterocycles. The standard InChI is InChI=1S/C23H24N4O3/c1-14(15-4-6-18(29-3)7-5-15)20-11-26(2)23(28)22-19(20)8-21(25-22)16-9-24-27(10-16)17-12-30-13-17/h4-11,14,17,25H,12-13H2,1-3H3. The molecular formula is C23H24N4O3. The van der Waals surface area contributed by atoms with Crippen LogP contribution in [0.15, 0.2) is 53.7 Å². The zero-order chi connectivity index (χ0) is 20.8. The van der Waals surface area contributed by atoms with E-state index in [4.69, 9.17) is 9.47 Å². The minimum absolute atomic E-state index is 0.0401. The number of fused-ring (bicyclic) bond motifs is 1. The van der Waals surface area contributed by atoms with Crippen LogP contribution in [0.5, 0.6) is 5.75 Å². The van der Waals surface area contributed by atoms with E-state index < -0.39 is 0 Å². The maximum Gasteiger partial charge on any atom is 0.274 e. The first kappa shape index (κ1) is 18.7. The molecule has 1 aromatic carbocycles. The van der Waals surface area contributed by atoms with Gasteiger partial charge >= 0.3 is 0 Å². The number of rotatable bonds is 5. The van der Waals surface area contributed by atoms with Gasteiger partial charge in [-0.1, -0.05) is 19.1 Å². The molecule has 0 amide bonds. The fourth-order valence-electron chi connectivity index (χ4n) is 3.99. The van der Waals surface area contributed by atoms with E-state index >= 15 is 0 Å². The van der Waals surface area contributed by atoms with Gasteiger partial charge in [0.15, 0.2) is 0 Å². The summed E-state index contributed by atoms with van der Waals surface area (Å²) in [6.07, 6.45) is 5.78. The van der Waals surface area contributed by atoms with Crippen LogP contribution < -0.4 is 10.3 Å². The first-order valence-corrected chi connectivity index (χ1v) is 10.0. The number of pyridine rings is 1. The number of nitrogens with one attached hydrogen (secondary N) is 1. The molecule has 7 heteroatoms. The molecule has 1 fully saturated rings. The number of aryl methyl sites for hydroxylation is 1. The van der Waals surface area contributed by atoms with E-state index in [0.717, 1.165) is 33.5 Å². The minimum atomic E-state index is -0.0401. The smallest absolute Gasteiger partial charge is 0.274 e. The van der Waals surface area contributed by atoms with Crippen molar-refractivity contribution in [2.24, 2.45) is 7.05 Å². The quantitative estimate of drug-likeness (QED) is 0.553. The Labute approximate surface area is 173 Å². The van der Waals surface area contributed by atoms with E-state index in [2.05, 4.69) is 35.2 Å². The van der Waals surface area contributed by atoms with Gasteiger partial charge in [-0.2, -0.15) is 5.10 Å². The molecule has 7 nitrogen and oxygen atoms in total. The van der Waals surface area contributed by atoms with E-state index in [9.17, 15) is 4.79 Å². The van der Waals surface area contributed by atoms with Gasteiger partial charge in [-0.05, 0) is 29.3 Å². The van der Waals surface area contributed by atoms with Gasteiger partial charge in [0.25, 0.3) is 5.56 Å². The highest BCUT2D eigenvalue weighted by molar-refractivity contribution is 5.88. The molecule has 154 valence electrons. The van der Waals surface area contributed by atoms with Gasteiger partial charge in [0.2, 0.25) is 0 Å². The predicted molar refractivity (Wildman–Crippen MR) is 115 cm³/mol. The molecule has 30 heavy (non-hydrogen) atoms. The highest BCUT2D eigenvalue weighted by Crippen LogP contribution is 2.33. The lowest BCUT2D eigenvalue weighted by Gasteiger charge is -2.25.